The molecule has 0 fully saturated rings. The summed E-state index contributed by atoms with van der Waals surface area (Å²) >= 11 is 6.72. The number of hydrogen-bond acceptors (Lipinski definition) is 1. The Balaban J connectivity index is 2.57. The van der Waals surface area contributed by atoms with Gasteiger partial charge in [-0.1, -0.05) is 50.1 Å². The number of halogens is 5. The first kappa shape index (κ1) is 16.5. The first-order valence-corrected chi connectivity index (χ1v) is 7.71. The van der Waals surface area contributed by atoms with Crippen LogP contribution in [0.3, 0.4) is 0 Å². The Bertz CT molecular complexity index is 621. The van der Waals surface area contributed by atoms with Crippen molar-refractivity contribution in [1.29, 1.82) is 0 Å². The van der Waals surface area contributed by atoms with Gasteiger partial charge in [0.15, 0.2) is 0 Å². The Morgan fingerprint density at radius 3 is 2.10 bits per heavy atom. The van der Waals surface area contributed by atoms with E-state index >= 15 is 0 Å². The van der Waals surface area contributed by atoms with E-state index in [9.17, 15) is 13.2 Å². The summed E-state index contributed by atoms with van der Waals surface area (Å²) in [4.78, 5) is 0. The first-order valence-electron chi connectivity index (χ1n) is 6.12. The van der Waals surface area contributed by atoms with Gasteiger partial charge in [-0.25, -0.2) is 0 Å². The fourth-order valence-electron chi connectivity index (χ4n) is 2.25. The summed E-state index contributed by atoms with van der Waals surface area (Å²) in [5.41, 5.74) is 0.327. The highest BCUT2D eigenvalue weighted by Crippen LogP contribution is 2.37. The van der Waals surface area contributed by atoms with Crippen LogP contribution in [0, 0.1) is 0 Å². The third-order valence-corrected chi connectivity index (χ3v) is 4.00. The van der Waals surface area contributed by atoms with Crippen LogP contribution in [0.15, 0.2) is 51.4 Å². The van der Waals surface area contributed by atoms with Crippen molar-refractivity contribution in [2.75, 3.05) is 7.05 Å². The molecule has 112 valence electrons. The van der Waals surface area contributed by atoms with Crippen LogP contribution in [0.2, 0.25) is 0 Å². The largest absolute Gasteiger partial charge is 0.416 e. The molecule has 0 spiro atoms. The van der Waals surface area contributed by atoms with Gasteiger partial charge in [-0.05, 0) is 42.4 Å². The van der Waals surface area contributed by atoms with Crippen molar-refractivity contribution in [3.05, 3.63) is 68.1 Å². The van der Waals surface area contributed by atoms with Crippen molar-refractivity contribution in [3.8, 4) is 0 Å². The molecule has 0 aliphatic rings. The molecule has 0 radical (unpaired) electrons. The number of benzene rings is 2. The summed E-state index contributed by atoms with van der Waals surface area (Å²) in [5.74, 6) is 0. The van der Waals surface area contributed by atoms with Crippen LogP contribution >= 0.6 is 31.9 Å². The Morgan fingerprint density at radius 1 is 1.00 bits per heavy atom. The van der Waals surface area contributed by atoms with E-state index in [4.69, 9.17) is 0 Å². The number of nitrogens with one attached hydrogen (secondary N) is 1. The number of rotatable bonds is 3. The van der Waals surface area contributed by atoms with E-state index in [1.807, 2.05) is 6.07 Å². The monoisotopic (exact) mass is 421 g/mol. The summed E-state index contributed by atoms with van der Waals surface area (Å²) in [6.45, 7) is 0. The number of hydrogen-bond donors (Lipinski definition) is 1. The predicted molar refractivity (Wildman–Crippen MR) is 84.2 cm³/mol. The van der Waals surface area contributed by atoms with Gasteiger partial charge in [-0.3, -0.25) is 0 Å². The van der Waals surface area contributed by atoms with Crippen LogP contribution in [0.4, 0.5) is 13.2 Å². The maximum absolute atomic E-state index is 13.2. The molecule has 0 aromatic heterocycles. The van der Waals surface area contributed by atoms with Crippen LogP contribution in [-0.2, 0) is 6.18 Å². The lowest BCUT2D eigenvalue weighted by atomic mass is 9.94. The Kier molecular flexibility index (Phi) is 5.11. The fourth-order valence-corrected chi connectivity index (χ4v) is 3.58. The minimum absolute atomic E-state index is 0.206. The maximum Gasteiger partial charge on any atom is 0.416 e. The van der Waals surface area contributed by atoms with Gasteiger partial charge in [-0.2, -0.15) is 13.2 Å². The van der Waals surface area contributed by atoms with E-state index in [1.54, 1.807) is 25.2 Å². The third kappa shape index (κ3) is 3.87. The molecule has 0 saturated heterocycles. The number of alkyl halides is 3. The molecule has 2 aromatic carbocycles. The fraction of sp³-hybridized carbons (Fsp3) is 0.200. The average Bonchev–Trinajstić information content (AvgIpc) is 2.38. The molecule has 1 N–H and O–H groups in total. The molecule has 21 heavy (non-hydrogen) atoms. The molecule has 2 aromatic rings. The van der Waals surface area contributed by atoms with Crippen LogP contribution in [-0.4, -0.2) is 7.05 Å². The Labute approximate surface area is 137 Å². The highest BCUT2D eigenvalue weighted by Gasteiger charge is 2.35. The molecular formula is C15H12Br2F3N. The summed E-state index contributed by atoms with van der Waals surface area (Å²) in [6, 6.07) is 10.5. The molecule has 0 heterocycles. The van der Waals surface area contributed by atoms with E-state index in [2.05, 4.69) is 37.2 Å². The standard InChI is InChI=1S/C15H12Br2F3N/c1-21-14(9-6-10(16)8-11(17)7-9)12-4-2-3-5-13(12)15(18,19)20/h2-8,14,21H,1H3. The minimum atomic E-state index is -4.38. The zero-order chi connectivity index (χ0) is 15.6. The zero-order valence-electron chi connectivity index (χ0n) is 11.0. The van der Waals surface area contributed by atoms with Gasteiger partial charge < -0.3 is 5.32 Å². The highest BCUT2D eigenvalue weighted by atomic mass is 79.9. The normalized spacial score (nSPS) is 13.2. The van der Waals surface area contributed by atoms with E-state index in [1.165, 1.54) is 12.1 Å². The van der Waals surface area contributed by atoms with Gasteiger partial charge in [0.1, 0.15) is 0 Å². The average molecular weight is 423 g/mol. The highest BCUT2D eigenvalue weighted by molar-refractivity contribution is 9.11. The van der Waals surface area contributed by atoms with Crippen molar-refractivity contribution in [3.63, 3.8) is 0 Å². The van der Waals surface area contributed by atoms with E-state index in [-0.39, 0.29) is 5.56 Å². The van der Waals surface area contributed by atoms with E-state index in [0.29, 0.717) is 0 Å². The van der Waals surface area contributed by atoms with Crippen molar-refractivity contribution in [2.45, 2.75) is 12.2 Å². The van der Waals surface area contributed by atoms with Crippen LogP contribution in [0.5, 0.6) is 0 Å². The molecule has 6 heteroatoms. The quantitative estimate of drug-likeness (QED) is 0.684. The summed E-state index contributed by atoms with van der Waals surface area (Å²) < 4.78 is 41.1. The second-order valence-corrected chi connectivity index (χ2v) is 6.34. The molecule has 1 nitrogen and oxygen atoms in total. The SMILES string of the molecule is CNC(c1cc(Br)cc(Br)c1)c1ccccc1C(F)(F)F. The minimum Gasteiger partial charge on any atom is -0.309 e. The van der Waals surface area contributed by atoms with Crippen LogP contribution in [0.1, 0.15) is 22.7 Å². The lowest BCUT2D eigenvalue weighted by Gasteiger charge is -2.22. The van der Waals surface area contributed by atoms with Crippen molar-refractivity contribution in [2.24, 2.45) is 0 Å². The summed E-state index contributed by atoms with van der Waals surface area (Å²) in [6.07, 6.45) is -4.38. The van der Waals surface area contributed by atoms with Gasteiger partial charge in [0.2, 0.25) is 0 Å². The topological polar surface area (TPSA) is 12.0 Å². The second-order valence-electron chi connectivity index (χ2n) is 4.51. The summed E-state index contributed by atoms with van der Waals surface area (Å²) in [7, 11) is 1.65. The predicted octanol–water partition coefficient (Wildman–Crippen LogP) is 5.54. The first-order chi connectivity index (χ1) is 9.82. The molecular weight excluding hydrogens is 411 g/mol. The molecule has 1 unspecified atom stereocenters. The summed E-state index contributed by atoms with van der Waals surface area (Å²) in [5, 5.41) is 2.96. The molecule has 0 bridgehead atoms. The van der Waals surface area contributed by atoms with Crippen molar-refractivity contribution < 1.29 is 13.2 Å². The van der Waals surface area contributed by atoms with Crippen LogP contribution in [0.25, 0.3) is 0 Å². The molecule has 0 aliphatic carbocycles. The molecule has 2 rings (SSSR count). The van der Waals surface area contributed by atoms with Crippen molar-refractivity contribution in [1.82, 2.24) is 5.32 Å². The lowest BCUT2D eigenvalue weighted by Crippen LogP contribution is -2.22. The van der Waals surface area contributed by atoms with Gasteiger partial charge in [-0.15, -0.1) is 0 Å². The van der Waals surface area contributed by atoms with Gasteiger partial charge in [0.05, 0.1) is 11.6 Å². The van der Waals surface area contributed by atoms with Gasteiger partial charge >= 0.3 is 6.18 Å². The Hall–Kier alpha value is -0.850. The Morgan fingerprint density at radius 2 is 1.57 bits per heavy atom. The van der Waals surface area contributed by atoms with E-state index in [0.717, 1.165) is 20.6 Å². The maximum atomic E-state index is 13.2. The molecule has 0 aliphatic heterocycles. The third-order valence-electron chi connectivity index (χ3n) is 3.08. The smallest absolute Gasteiger partial charge is 0.309 e. The second kappa shape index (κ2) is 6.50. The van der Waals surface area contributed by atoms with E-state index < -0.39 is 17.8 Å². The zero-order valence-corrected chi connectivity index (χ0v) is 14.2. The molecule has 0 amide bonds. The lowest BCUT2D eigenvalue weighted by molar-refractivity contribution is -0.138. The van der Waals surface area contributed by atoms with Gasteiger partial charge in [0.25, 0.3) is 0 Å². The molecule has 0 saturated carbocycles. The van der Waals surface area contributed by atoms with Gasteiger partial charge in [0, 0.05) is 8.95 Å². The van der Waals surface area contributed by atoms with Crippen molar-refractivity contribution >= 4 is 31.9 Å². The van der Waals surface area contributed by atoms with Crippen LogP contribution < -0.4 is 5.32 Å². The molecule has 1 atom stereocenters.